The highest BCUT2D eigenvalue weighted by molar-refractivity contribution is 6.30. The predicted molar refractivity (Wildman–Crippen MR) is 79.2 cm³/mol. The first-order valence-corrected chi connectivity index (χ1v) is 7.24. The van der Waals surface area contributed by atoms with Crippen LogP contribution in [0.4, 0.5) is 0 Å². The normalized spacial score (nSPS) is 27.3. The molecule has 1 saturated heterocycles. The van der Waals surface area contributed by atoms with Gasteiger partial charge < -0.3 is 0 Å². The van der Waals surface area contributed by atoms with Crippen molar-refractivity contribution in [3.63, 3.8) is 0 Å². The van der Waals surface area contributed by atoms with E-state index in [1.54, 1.807) is 0 Å². The minimum absolute atomic E-state index is 0.288. The lowest BCUT2D eigenvalue weighted by Gasteiger charge is -2.63. The topological polar surface area (TPSA) is 3.24 Å². The number of rotatable bonds is 3. The molecular weight excluding hydrogens is 242 g/mol. The van der Waals surface area contributed by atoms with Gasteiger partial charge in [-0.2, -0.15) is 0 Å². The molecular formula is C16H24ClN. The molecule has 1 fully saturated rings. The minimum atomic E-state index is 0.288. The van der Waals surface area contributed by atoms with Crippen LogP contribution in [0.5, 0.6) is 0 Å². The van der Waals surface area contributed by atoms with Crippen molar-refractivity contribution >= 4 is 11.6 Å². The molecule has 1 heterocycles. The van der Waals surface area contributed by atoms with Crippen molar-refractivity contribution < 1.29 is 0 Å². The third kappa shape index (κ3) is 2.31. The van der Waals surface area contributed by atoms with E-state index in [4.69, 9.17) is 11.6 Å². The molecule has 0 aliphatic carbocycles. The highest BCUT2D eigenvalue weighted by atomic mass is 35.5. The fourth-order valence-corrected chi connectivity index (χ4v) is 4.11. The molecule has 0 N–H and O–H groups in total. The van der Waals surface area contributed by atoms with E-state index in [-0.39, 0.29) is 5.54 Å². The molecule has 0 spiro atoms. The number of halogens is 1. The number of benzene rings is 1. The fourth-order valence-electron chi connectivity index (χ4n) is 3.89. The molecule has 0 radical (unpaired) electrons. The van der Waals surface area contributed by atoms with Crippen LogP contribution in [0.2, 0.25) is 5.02 Å². The van der Waals surface area contributed by atoms with E-state index >= 15 is 0 Å². The van der Waals surface area contributed by atoms with Crippen LogP contribution in [0.1, 0.15) is 40.2 Å². The molecule has 2 atom stereocenters. The maximum Gasteiger partial charge on any atom is 0.0408 e. The van der Waals surface area contributed by atoms with Crippen molar-refractivity contribution in [2.75, 3.05) is 0 Å². The molecule has 18 heavy (non-hydrogen) atoms. The number of likely N-dealkylation sites (tertiary alicyclic amines) is 1. The summed E-state index contributed by atoms with van der Waals surface area (Å²) >= 11 is 6.07. The lowest BCUT2D eigenvalue weighted by atomic mass is 9.67. The molecule has 0 saturated carbocycles. The van der Waals surface area contributed by atoms with E-state index in [2.05, 4.69) is 51.7 Å². The van der Waals surface area contributed by atoms with Gasteiger partial charge in [-0.05, 0) is 64.7 Å². The first kappa shape index (κ1) is 13.9. The average molecular weight is 266 g/mol. The van der Waals surface area contributed by atoms with Gasteiger partial charge in [-0.25, -0.2) is 0 Å². The smallest absolute Gasteiger partial charge is 0.0408 e. The quantitative estimate of drug-likeness (QED) is 0.784. The maximum atomic E-state index is 6.07. The van der Waals surface area contributed by atoms with E-state index in [9.17, 15) is 0 Å². The third-order valence-corrected chi connectivity index (χ3v) is 4.73. The first-order chi connectivity index (χ1) is 8.34. The third-order valence-electron chi connectivity index (χ3n) is 4.49. The summed E-state index contributed by atoms with van der Waals surface area (Å²) in [6.07, 6.45) is 1.12. The average Bonchev–Trinajstić information content (AvgIpc) is 2.25. The minimum Gasteiger partial charge on any atom is -0.292 e. The number of hydrogen-bond acceptors (Lipinski definition) is 1. The Kier molecular flexibility index (Phi) is 3.75. The van der Waals surface area contributed by atoms with Crippen molar-refractivity contribution in [3.05, 3.63) is 34.9 Å². The van der Waals surface area contributed by atoms with Crippen LogP contribution in [-0.4, -0.2) is 22.5 Å². The predicted octanol–water partition coefficient (Wildman–Crippen LogP) is 4.39. The molecule has 2 heteroatoms. The van der Waals surface area contributed by atoms with Gasteiger partial charge in [0.2, 0.25) is 0 Å². The zero-order valence-electron chi connectivity index (χ0n) is 12.1. The maximum absolute atomic E-state index is 6.07. The SMILES string of the molecule is CC(C)N1C(C)C(Cc2cccc(Cl)c2)C1(C)C. The Morgan fingerprint density at radius 3 is 2.50 bits per heavy atom. The first-order valence-electron chi connectivity index (χ1n) is 6.87. The van der Waals surface area contributed by atoms with Gasteiger partial charge in [0, 0.05) is 22.6 Å². The van der Waals surface area contributed by atoms with E-state index in [1.807, 2.05) is 12.1 Å². The summed E-state index contributed by atoms with van der Waals surface area (Å²) in [5, 5.41) is 0.845. The van der Waals surface area contributed by atoms with Crippen molar-refractivity contribution in [1.82, 2.24) is 4.90 Å². The Hall–Kier alpha value is -0.530. The zero-order valence-corrected chi connectivity index (χ0v) is 12.8. The lowest BCUT2D eigenvalue weighted by Crippen LogP contribution is -2.71. The van der Waals surface area contributed by atoms with Gasteiger partial charge in [0.1, 0.15) is 0 Å². The van der Waals surface area contributed by atoms with Crippen LogP contribution in [-0.2, 0) is 6.42 Å². The summed E-state index contributed by atoms with van der Waals surface area (Å²) in [6.45, 7) is 11.6. The standard InChI is InChI=1S/C16H24ClN/c1-11(2)18-12(3)15(16(18,4)5)10-13-7-6-8-14(17)9-13/h6-9,11-12,15H,10H2,1-5H3. The van der Waals surface area contributed by atoms with Gasteiger partial charge in [-0.3, -0.25) is 4.90 Å². The lowest BCUT2D eigenvalue weighted by molar-refractivity contribution is -0.129. The highest BCUT2D eigenvalue weighted by Gasteiger charge is 2.52. The molecule has 2 unspecified atom stereocenters. The molecule has 1 aliphatic heterocycles. The second kappa shape index (κ2) is 4.86. The van der Waals surface area contributed by atoms with Crippen LogP contribution >= 0.6 is 11.6 Å². The summed E-state index contributed by atoms with van der Waals surface area (Å²) in [6, 6.07) is 9.55. The summed E-state index contributed by atoms with van der Waals surface area (Å²) in [7, 11) is 0. The molecule has 0 aromatic heterocycles. The molecule has 1 aromatic rings. The summed E-state index contributed by atoms with van der Waals surface area (Å²) in [4.78, 5) is 2.61. The Morgan fingerprint density at radius 1 is 1.33 bits per heavy atom. The van der Waals surface area contributed by atoms with Crippen LogP contribution in [0.3, 0.4) is 0 Å². The second-order valence-electron chi connectivity index (χ2n) is 6.34. The molecule has 2 rings (SSSR count). The van der Waals surface area contributed by atoms with Gasteiger partial charge >= 0.3 is 0 Å². The Labute approximate surface area is 116 Å². The van der Waals surface area contributed by atoms with E-state index in [0.29, 0.717) is 18.0 Å². The van der Waals surface area contributed by atoms with E-state index in [0.717, 1.165) is 11.4 Å². The Bertz CT molecular complexity index is 425. The van der Waals surface area contributed by atoms with Crippen molar-refractivity contribution in [1.29, 1.82) is 0 Å². The van der Waals surface area contributed by atoms with Gasteiger partial charge in [0.25, 0.3) is 0 Å². The van der Waals surface area contributed by atoms with Crippen molar-refractivity contribution in [3.8, 4) is 0 Å². The van der Waals surface area contributed by atoms with Gasteiger partial charge in [-0.15, -0.1) is 0 Å². The molecule has 1 nitrogen and oxygen atoms in total. The summed E-state index contributed by atoms with van der Waals surface area (Å²) in [5.74, 6) is 0.707. The van der Waals surface area contributed by atoms with E-state index in [1.165, 1.54) is 5.56 Å². The van der Waals surface area contributed by atoms with Gasteiger partial charge in [-0.1, -0.05) is 23.7 Å². The fraction of sp³-hybridized carbons (Fsp3) is 0.625. The molecule has 1 aliphatic rings. The molecule has 100 valence electrons. The Morgan fingerprint density at radius 2 is 2.00 bits per heavy atom. The highest BCUT2D eigenvalue weighted by Crippen LogP contribution is 2.45. The van der Waals surface area contributed by atoms with Crippen LogP contribution in [0, 0.1) is 5.92 Å². The van der Waals surface area contributed by atoms with E-state index < -0.39 is 0 Å². The molecule has 0 bridgehead atoms. The van der Waals surface area contributed by atoms with Crippen LogP contribution < -0.4 is 0 Å². The zero-order chi connectivity index (χ0) is 13.5. The summed E-state index contributed by atoms with van der Waals surface area (Å²) < 4.78 is 0. The van der Waals surface area contributed by atoms with Crippen LogP contribution in [0.15, 0.2) is 24.3 Å². The van der Waals surface area contributed by atoms with Gasteiger partial charge in [0.05, 0.1) is 0 Å². The van der Waals surface area contributed by atoms with Crippen molar-refractivity contribution in [2.45, 2.75) is 58.7 Å². The van der Waals surface area contributed by atoms with Gasteiger partial charge in [0.15, 0.2) is 0 Å². The molecule has 1 aromatic carbocycles. The largest absolute Gasteiger partial charge is 0.292 e. The molecule has 0 amide bonds. The number of nitrogens with zero attached hydrogens (tertiary/aromatic N) is 1. The number of hydrogen-bond donors (Lipinski definition) is 0. The van der Waals surface area contributed by atoms with Crippen molar-refractivity contribution in [2.24, 2.45) is 5.92 Å². The summed E-state index contributed by atoms with van der Waals surface area (Å²) in [5.41, 5.74) is 1.64. The second-order valence-corrected chi connectivity index (χ2v) is 6.77. The monoisotopic (exact) mass is 265 g/mol. The van der Waals surface area contributed by atoms with Crippen LogP contribution in [0.25, 0.3) is 0 Å². The Balaban J connectivity index is 2.12.